The molecule has 2 aromatic rings. The zero-order valence-corrected chi connectivity index (χ0v) is 19.4. The van der Waals surface area contributed by atoms with E-state index in [0.717, 1.165) is 43.5 Å². The summed E-state index contributed by atoms with van der Waals surface area (Å²) in [6, 6.07) is 18.3. The summed E-state index contributed by atoms with van der Waals surface area (Å²) in [6.45, 7) is 5.98. The maximum Gasteiger partial charge on any atom is 0.242 e. The van der Waals surface area contributed by atoms with E-state index in [9.17, 15) is 4.79 Å². The lowest BCUT2D eigenvalue weighted by Gasteiger charge is -2.36. The van der Waals surface area contributed by atoms with Crippen LogP contribution in [-0.2, 0) is 11.3 Å². The Kier molecular flexibility index (Phi) is 8.05. The molecule has 1 aliphatic carbocycles. The smallest absolute Gasteiger partial charge is 0.242 e. The van der Waals surface area contributed by atoms with E-state index in [0.29, 0.717) is 13.1 Å². The lowest BCUT2D eigenvalue weighted by atomic mass is 10.0. The first-order valence-corrected chi connectivity index (χ1v) is 12.1. The van der Waals surface area contributed by atoms with Crippen molar-refractivity contribution in [1.82, 2.24) is 9.80 Å². The summed E-state index contributed by atoms with van der Waals surface area (Å²) in [5, 5.41) is 0. The van der Waals surface area contributed by atoms with E-state index in [2.05, 4.69) is 39.0 Å². The maximum absolute atomic E-state index is 13.2. The standard InChI is InChI=1S/C27H37N3O2/c1-32-26-13-11-24(12-14-26)21-30(25-9-3-2-4-10-25)22-27(31)29-19-17-28(18-20-29)16-15-23-7-5-6-8-23/h2-4,9-14,23H,5-8,15-22H2,1H3. The van der Waals surface area contributed by atoms with Gasteiger partial charge in [-0.25, -0.2) is 0 Å². The highest BCUT2D eigenvalue weighted by atomic mass is 16.5. The van der Waals surface area contributed by atoms with E-state index >= 15 is 0 Å². The molecular formula is C27H37N3O2. The van der Waals surface area contributed by atoms with Crippen LogP contribution >= 0.6 is 0 Å². The molecule has 2 aromatic carbocycles. The van der Waals surface area contributed by atoms with Crippen molar-refractivity contribution in [2.45, 2.75) is 38.6 Å². The Hall–Kier alpha value is -2.53. The van der Waals surface area contributed by atoms with Crippen LogP contribution in [0, 0.1) is 5.92 Å². The highest BCUT2D eigenvalue weighted by molar-refractivity contribution is 5.81. The first-order valence-electron chi connectivity index (χ1n) is 12.1. The number of benzene rings is 2. The number of carbonyl (C=O) groups excluding carboxylic acids is 1. The van der Waals surface area contributed by atoms with E-state index in [4.69, 9.17) is 4.74 Å². The molecule has 0 spiro atoms. The van der Waals surface area contributed by atoms with E-state index in [1.165, 1.54) is 44.2 Å². The number of para-hydroxylation sites is 1. The number of hydrogen-bond donors (Lipinski definition) is 0. The van der Waals surface area contributed by atoms with Crippen molar-refractivity contribution < 1.29 is 9.53 Å². The van der Waals surface area contributed by atoms with Crippen LogP contribution in [-0.4, -0.2) is 62.1 Å². The minimum atomic E-state index is 0.220. The van der Waals surface area contributed by atoms with Crippen LogP contribution in [0.25, 0.3) is 0 Å². The number of amides is 1. The largest absolute Gasteiger partial charge is 0.497 e. The first kappa shape index (κ1) is 22.7. The van der Waals surface area contributed by atoms with E-state index in [1.807, 2.05) is 30.3 Å². The molecule has 1 aliphatic heterocycles. The second-order valence-electron chi connectivity index (χ2n) is 9.20. The molecule has 0 aromatic heterocycles. The Morgan fingerprint density at radius 2 is 1.66 bits per heavy atom. The number of piperazine rings is 1. The Morgan fingerprint density at radius 1 is 0.969 bits per heavy atom. The van der Waals surface area contributed by atoms with Gasteiger partial charge in [-0.05, 0) is 48.7 Å². The predicted molar refractivity (Wildman–Crippen MR) is 130 cm³/mol. The Bertz CT molecular complexity index is 826. The van der Waals surface area contributed by atoms with Gasteiger partial charge in [-0.1, -0.05) is 56.0 Å². The second kappa shape index (κ2) is 11.4. The van der Waals surface area contributed by atoms with Gasteiger partial charge in [-0.3, -0.25) is 9.69 Å². The van der Waals surface area contributed by atoms with Gasteiger partial charge in [0.25, 0.3) is 0 Å². The zero-order chi connectivity index (χ0) is 22.2. The molecule has 0 unspecified atom stereocenters. The quantitative estimate of drug-likeness (QED) is 0.584. The molecule has 0 radical (unpaired) electrons. The molecular weight excluding hydrogens is 398 g/mol. The first-order chi connectivity index (χ1) is 15.7. The summed E-state index contributed by atoms with van der Waals surface area (Å²) in [5.41, 5.74) is 2.24. The van der Waals surface area contributed by atoms with Crippen molar-refractivity contribution >= 4 is 11.6 Å². The average Bonchev–Trinajstić information content (AvgIpc) is 3.37. The number of carbonyl (C=O) groups is 1. The second-order valence-corrected chi connectivity index (χ2v) is 9.20. The van der Waals surface area contributed by atoms with Crippen LogP contribution in [0.15, 0.2) is 54.6 Å². The number of ether oxygens (including phenoxy) is 1. The summed E-state index contributed by atoms with van der Waals surface area (Å²) in [7, 11) is 1.68. The molecule has 1 saturated carbocycles. The van der Waals surface area contributed by atoms with Gasteiger partial charge in [0.15, 0.2) is 0 Å². The van der Waals surface area contributed by atoms with Crippen LogP contribution in [0.3, 0.4) is 0 Å². The van der Waals surface area contributed by atoms with Gasteiger partial charge in [-0.2, -0.15) is 0 Å². The Balaban J connectivity index is 1.31. The zero-order valence-electron chi connectivity index (χ0n) is 19.4. The van der Waals surface area contributed by atoms with Gasteiger partial charge in [0.1, 0.15) is 5.75 Å². The normalized spacial score (nSPS) is 17.5. The number of nitrogens with zero attached hydrogens (tertiary/aromatic N) is 3. The summed E-state index contributed by atoms with van der Waals surface area (Å²) >= 11 is 0. The average molecular weight is 436 g/mol. The van der Waals surface area contributed by atoms with Crippen molar-refractivity contribution in [3.05, 3.63) is 60.2 Å². The minimum Gasteiger partial charge on any atom is -0.497 e. The third-order valence-corrected chi connectivity index (χ3v) is 7.03. The van der Waals surface area contributed by atoms with Gasteiger partial charge < -0.3 is 14.5 Å². The van der Waals surface area contributed by atoms with Gasteiger partial charge >= 0.3 is 0 Å². The van der Waals surface area contributed by atoms with Gasteiger partial charge in [0.2, 0.25) is 5.91 Å². The molecule has 0 atom stereocenters. The van der Waals surface area contributed by atoms with E-state index in [-0.39, 0.29) is 5.91 Å². The molecule has 1 saturated heterocycles. The maximum atomic E-state index is 13.2. The summed E-state index contributed by atoms with van der Waals surface area (Å²) in [4.78, 5) is 20.0. The molecule has 172 valence electrons. The van der Waals surface area contributed by atoms with Crippen LogP contribution in [0.2, 0.25) is 0 Å². The molecule has 5 heteroatoms. The van der Waals surface area contributed by atoms with E-state index < -0.39 is 0 Å². The number of hydrogen-bond acceptors (Lipinski definition) is 4. The van der Waals surface area contributed by atoms with Crippen molar-refractivity contribution in [2.75, 3.05) is 51.3 Å². The van der Waals surface area contributed by atoms with Crippen molar-refractivity contribution in [3.63, 3.8) is 0 Å². The highest BCUT2D eigenvalue weighted by Crippen LogP contribution is 2.27. The lowest BCUT2D eigenvalue weighted by molar-refractivity contribution is -0.131. The van der Waals surface area contributed by atoms with Crippen molar-refractivity contribution in [1.29, 1.82) is 0 Å². The van der Waals surface area contributed by atoms with Crippen LogP contribution in [0.1, 0.15) is 37.7 Å². The van der Waals surface area contributed by atoms with Crippen molar-refractivity contribution in [3.8, 4) is 5.75 Å². The SMILES string of the molecule is COc1ccc(CN(CC(=O)N2CCN(CCC3CCCC3)CC2)c2ccccc2)cc1. The topological polar surface area (TPSA) is 36.0 Å². The number of anilines is 1. The molecule has 0 bridgehead atoms. The van der Waals surface area contributed by atoms with Crippen LogP contribution in [0.4, 0.5) is 5.69 Å². The molecule has 1 amide bonds. The fraction of sp³-hybridized carbons (Fsp3) is 0.519. The van der Waals surface area contributed by atoms with Gasteiger partial charge in [0.05, 0.1) is 13.7 Å². The van der Waals surface area contributed by atoms with Crippen LogP contribution < -0.4 is 9.64 Å². The summed E-state index contributed by atoms with van der Waals surface area (Å²) in [6.07, 6.45) is 7.00. The predicted octanol–water partition coefficient (Wildman–Crippen LogP) is 4.43. The van der Waals surface area contributed by atoms with Crippen molar-refractivity contribution in [2.24, 2.45) is 5.92 Å². The lowest BCUT2D eigenvalue weighted by Crippen LogP contribution is -2.51. The monoisotopic (exact) mass is 435 g/mol. The molecule has 2 aliphatic rings. The third kappa shape index (κ3) is 6.26. The fourth-order valence-electron chi connectivity index (χ4n) is 4.98. The third-order valence-electron chi connectivity index (χ3n) is 7.03. The minimum absolute atomic E-state index is 0.220. The molecule has 4 rings (SSSR count). The number of rotatable bonds is 9. The molecule has 0 N–H and O–H groups in total. The highest BCUT2D eigenvalue weighted by Gasteiger charge is 2.24. The molecule has 2 fully saturated rings. The van der Waals surface area contributed by atoms with Gasteiger partial charge in [0, 0.05) is 38.4 Å². The number of methoxy groups -OCH3 is 1. The van der Waals surface area contributed by atoms with Crippen LogP contribution in [0.5, 0.6) is 5.75 Å². The van der Waals surface area contributed by atoms with Gasteiger partial charge in [-0.15, -0.1) is 0 Å². The Labute approximate surface area is 193 Å². The molecule has 1 heterocycles. The fourth-order valence-corrected chi connectivity index (χ4v) is 4.98. The molecule has 5 nitrogen and oxygen atoms in total. The summed E-state index contributed by atoms with van der Waals surface area (Å²) < 4.78 is 5.28. The van der Waals surface area contributed by atoms with E-state index in [1.54, 1.807) is 7.11 Å². The summed E-state index contributed by atoms with van der Waals surface area (Å²) in [5.74, 6) is 2.01. The molecule has 32 heavy (non-hydrogen) atoms. The Morgan fingerprint density at radius 3 is 2.31 bits per heavy atom.